The van der Waals surface area contributed by atoms with Crippen LogP contribution >= 0.6 is 15.6 Å². The van der Waals surface area contributed by atoms with Crippen molar-refractivity contribution in [2.24, 2.45) is 11.8 Å². The molecule has 0 rings (SSSR count). The van der Waals surface area contributed by atoms with Crippen LogP contribution in [0.3, 0.4) is 0 Å². The number of hydrogen-bond acceptors (Lipinski definition) is 15. The molecule has 0 aromatic carbocycles. The van der Waals surface area contributed by atoms with Crippen molar-refractivity contribution in [3.05, 3.63) is 24.3 Å². The molecule has 0 amide bonds. The van der Waals surface area contributed by atoms with Gasteiger partial charge in [0.1, 0.15) is 19.3 Å². The average Bonchev–Trinajstić information content (AvgIpc) is 0.957. The second-order valence-electron chi connectivity index (χ2n) is 28.8. The minimum Gasteiger partial charge on any atom is -0.462 e. The highest BCUT2D eigenvalue weighted by molar-refractivity contribution is 7.47. The Labute approximate surface area is 605 Å². The second-order valence-corrected chi connectivity index (χ2v) is 31.7. The van der Waals surface area contributed by atoms with Crippen LogP contribution in [0.4, 0.5) is 0 Å². The van der Waals surface area contributed by atoms with Crippen molar-refractivity contribution in [3.8, 4) is 0 Å². The molecule has 0 aromatic heterocycles. The number of aliphatic hydroxyl groups excluding tert-OH is 1. The van der Waals surface area contributed by atoms with Crippen molar-refractivity contribution >= 4 is 39.5 Å². The van der Waals surface area contributed by atoms with Crippen molar-refractivity contribution in [1.29, 1.82) is 0 Å². The van der Waals surface area contributed by atoms with Crippen LogP contribution in [-0.2, 0) is 65.4 Å². The van der Waals surface area contributed by atoms with Gasteiger partial charge in [-0.2, -0.15) is 0 Å². The number of phosphoric ester groups is 2. The molecule has 0 aromatic rings. The van der Waals surface area contributed by atoms with E-state index in [-0.39, 0.29) is 25.7 Å². The molecule has 17 nitrogen and oxygen atoms in total. The van der Waals surface area contributed by atoms with E-state index in [1.807, 2.05) is 0 Å². The molecule has 0 aliphatic heterocycles. The van der Waals surface area contributed by atoms with E-state index < -0.39 is 97.5 Å². The molecule has 99 heavy (non-hydrogen) atoms. The fraction of sp³-hybridized carbons (Fsp3) is 0.900. The Morgan fingerprint density at radius 1 is 0.333 bits per heavy atom. The van der Waals surface area contributed by atoms with Gasteiger partial charge in [0.25, 0.3) is 0 Å². The van der Waals surface area contributed by atoms with E-state index >= 15 is 0 Å². The van der Waals surface area contributed by atoms with E-state index in [4.69, 9.17) is 37.0 Å². The molecule has 0 aliphatic carbocycles. The third-order valence-corrected chi connectivity index (χ3v) is 20.3. The predicted octanol–water partition coefficient (Wildman–Crippen LogP) is 23.4. The first-order valence-electron chi connectivity index (χ1n) is 40.8. The lowest BCUT2D eigenvalue weighted by atomic mass is 10.00. The standard InChI is InChI=1S/C80H152O17P2/c1-7-10-12-14-16-18-20-22-27-32-35-39-43-50-56-62-77(82)90-68-75(96-79(84)65-59-53-45-41-37-33-29-26-24-23-25-28-31-34-38-42-48-54-60-72(4)5)70-94-98(86,87)92-66-74(81)67-93-99(88,89)95-71-76(69-91-78(83)63-57-51-47-46-49-55-61-73(6)9-3)97-80(85)64-58-52-44-40-36-30-21-19-17-15-13-11-8-2/h18,20,22,27,72-76,81H,7-17,19,21,23-26,28-71H2,1-6H3,(H,86,87)(H,88,89)/b20-18-,27-22-/t73?,74-,75-,76-/m1/s1. The summed E-state index contributed by atoms with van der Waals surface area (Å²) in [7, 11) is -9.93. The molecule has 0 heterocycles. The van der Waals surface area contributed by atoms with Gasteiger partial charge in [0.05, 0.1) is 26.4 Å². The van der Waals surface area contributed by atoms with Crippen molar-refractivity contribution < 1.29 is 80.2 Å². The van der Waals surface area contributed by atoms with E-state index in [2.05, 4.69) is 65.8 Å². The van der Waals surface area contributed by atoms with Gasteiger partial charge in [0, 0.05) is 25.7 Å². The maximum absolute atomic E-state index is 13.1. The zero-order chi connectivity index (χ0) is 72.8. The van der Waals surface area contributed by atoms with E-state index in [1.54, 1.807) is 0 Å². The molecule has 0 spiro atoms. The molecular formula is C80H152O17P2. The highest BCUT2D eigenvalue weighted by atomic mass is 31.2. The lowest BCUT2D eigenvalue weighted by Gasteiger charge is -2.21. The highest BCUT2D eigenvalue weighted by Crippen LogP contribution is 2.45. The van der Waals surface area contributed by atoms with Gasteiger partial charge >= 0.3 is 39.5 Å². The van der Waals surface area contributed by atoms with Gasteiger partial charge in [0.2, 0.25) is 0 Å². The fourth-order valence-electron chi connectivity index (χ4n) is 11.8. The quantitative estimate of drug-likeness (QED) is 0.0169. The van der Waals surface area contributed by atoms with Crippen LogP contribution in [0.2, 0.25) is 0 Å². The number of allylic oxidation sites excluding steroid dienone is 4. The molecule has 0 saturated carbocycles. The third kappa shape index (κ3) is 72.3. The Hall–Kier alpha value is -2.46. The van der Waals surface area contributed by atoms with E-state index in [0.29, 0.717) is 25.7 Å². The number of ether oxygens (including phenoxy) is 4. The van der Waals surface area contributed by atoms with Crippen molar-refractivity contribution in [3.63, 3.8) is 0 Å². The summed E-state index contributed by atoms with van der Waals surface area (Å²) in [6.45, 7) is 9.55. The number of hydrogen-bond donors (Lipinski definition) is 3. The van der Waals surface area contributed by atoms with Gasteiger partial charge in [0.15, 0.2) is 12.2 Å². The summed E-state index contributed by atoms with van der Waals surface area (Å²) >= 11 is 0. The summed E-state index contributed by atoms with van der Waals surface area (Å²) in [6.07, 6.45) is 63.3. The van der Waals surface area contributed by atoms with Gasteiger partial charge < -0.3 is 33.8 Å². The largest absolute Gasteiger partial charge is 0.472 e. The molecule has 0 bridgehead atoms. The minimum absolute atomic E-state index is 0.101. The number of carbonyl (C=O) groups is 4. The first kappa shape index (κ1) is 96.5. The van der Waals surface area contributed by atoms with E-state index in [0.717, 1.165) is 127 Å². The summed E-state index contributed by atoms with van der Waals surface area (Å²) in [5.41, 5.74) is 0. The molecular weight excluding hydrogens is 1290 g/mol. The minimum atomic E-state index is -4.97. The van der Waals surface area contributed by atoms with Crippen LogP contribution in [-0.4, -0.2) is 96.7 Å². The lowest BCUT2D eigenvalue weighted by Crippen LogP contribution is -2.30. The Balaban J connectivity index is 5.25. The Bertz CT molecular complexity index is 2000. The maximum atomic E-state index is 13.1. The van der Waals surface area contributed by atoms with Gasteiger partial charge in [-0.15, -0.1) is 0 Å². The van der Waals surface area contributed by atoms with Gasteiger partial charge in [-0.05, 0) is 63.2 Å². The normalized spacial score (nSPS) is 14.4. The Kier molecular flexibility index (Phi) is 69.4. The molecule has 0 aliphatic rings. The number of esters is 4. The van der Waals surface area contributed by atoms with Crippen molar-refractivity contribution in [1.82, 2.24) is 0 Å². The van der Waals surface area contributed by atoms with Crippen LogP contribution in [0, 0.1) is 11.8 Å². The fourth-order valence-corrected chi connectivity index (χ4v) is 13.4. The molecule has 0 saturated heterocycles. The van der Waals surface area contributed by atoms with Crippen LogP contribution in [0.25, 0.3) is 0 Å². The number of unbranched alkanes of at least 4 members (excludes halogenated alkanes) is 43. The van der Waals surface area contributed by atoms with Crippen LogP contribution in [0.1, 0.15) is 395 Å². The Morgan fingerprint density at radius 3 is 0.909 bits per heavy atom. The smallest absolute Gasteiger partial charge is 0.462 e. The lowest BCUT2D eigenvalue weighted by molar-refractivity contribution is -0.161. The summed E-state index contributed by atoms with van der Waals surface area (Å²) < 4.78 is 68.6. The number of carbonyl (C=O) groups excluding carboxylic acids is 4. The molecule has 19 heteroatoms. The molecule has 584 valence electrons. The summed E-state index contributed by atoms with van der Waals surface area (Å²) in [5.74, 6) is -0.593. The van der Waals surface area contributed by atoms with Crippen LogP contribution in [0.5, 0.6) is 0 Å². The first-order chi connectivity index (χ1) is 47.9. The topological polar surface area (TPSA) is 237 Å². The third-order valence-electron chi connectivity index (χ3n) is 18.4. The SMILES string of the molecule is CCCCCC/C=C\C=C/CCCCCCCC(=O)OC[C@H](COP(=O)(O)OC[C@@H](O)COP(=O)(O)OC[C@@H](COC(=O)CCCCCCCCC(C)CC)OC(=O)CCCCCCCCCCCCCCC)OC(=O)CCCCCCCCCCCCCCCCCCCCC(C)C. The zero-order valence-corrected chi connectivity index (χ0v) is 66.1. The van der Waals surface area contributed by atoms with E-state index in [9.17, 15) is 43.2 Å². The zero-order valence-electron chi connectivity index (χ0n) is 64.3. The van der Waals surface area contributed by atoms with Crippen molar-refractivity contribution in [2.75, 3.05) is 39.6 Å². The van der Waals surface area contributed by atoms with Crippen LogP contribution < -0.4 is 0 Å². The van der Waals surface area contributed by atoms with Gasteiger partial charge in [-0.25, -0.2) is 9.13 Å². The monoisotopic (exact) mass is 1450 g/mol. The second kappa shape index (κ2) is 71.2. The van der Waals surface area contributed by atoms with Gasteiger partial charge in [-0.3, -0.25) is 37.3 Å². The molecule has 3 unspecified atom stereocenters. The van der Waals surface area contributed by atoms with Crippen LogP contribution in [0.15, 0.2) is 24.3 Å². The van der Waals surface area contributed by atoms with Gasteiger partial charge in [-0.1, -0.05) is 342 Å². The first-order valence-corrected chi connectivity index (χ1v) is 43.8. The number of rotatable bonds is 77. The predicted molar refractivity (Wildman–Crippen MR) is 404 cm³/mol. The molecule has 0 fully saturated rings. The Morgan fingerprint density at radius 2 is 0.596 bits per heavy atom. The summed E-state index contributed by atoms with van der Waals surface area (Å²) in [6, 6.07) is 0. The average molecular weight is 1450 g/mol. The highest BCUT2D eigenvalue weighted by Gasteiger charge is 2.30. The van der Waals surface area contributed by atoms with E-state index in [1.165, 1.54) is 186 Å². The summed E-state index contributed by atoms with van der Waals surface area (Å²) in [4.78, 5) is 72.9. The number of aliphatic hydroxyl groups is 1. The molecule has 6 atom stereocenters. The maximum Gasteiger partial charge on any atom is 0.472 e. The molecule has 3 N–H and O–H groups in total. The van der Waals surface area contributed by atoms with Crippen molar-refractivity contribution in [2.45, 2.75) is 413 Å². The molecule has 0 radical (unpaired) electrons. The number of phosphoric acid groups is 2. The summed E-state index contributed by atoms with van der Waals surface area (Å²) in [5, 5.41) is 10.6.